The molecule has 0 radical (unpaired) electrons. The zero-order chi connectivity index (χ0) is 15.0. The van der Waals surface area contributed by atoms with Crippen LogP contribution in [0.3, 0.4) is 0 Å². The summed E-state index contributed by atoms with van der Waals surface area (Å²) in [5.41, 5.74) is 6.08. The Kier molecular flexibility index (Phi) is 5.79. The number of sulfonamides is 1. The molecule has 0 atom stereocenters. The van der Waals surface area contributed by atoms with E-state index in [1.165, 1.54) is 7.11 Å². The van der Waals surface area contributed by atoms with Gasteiger partial charge >= 0.3 is 5.97 Å². The van der Waals surface area contributed by atoms with Crippen molar-refractivity contribution in [3.8, 4) is 0 Å². The average molecular weight is 355 g/mol. The van der Waals surface area contributed by atoms with Crippen molar-refractivity contribution in [2.75, 3.05) is 13.7 Å². The molecule has 1 fully saturated rings. The minimum absolute atomic E-state index is 0. The average Bonchev–Trinajstić information content (AvgIpc) is 2.76. The maximum atomic E-state index is 12.4. The van der Waals surface area contributed by atoms with Crippen LogP contribution in [0.2, 0.25) is 0 Å². The van der Waals surface area contributed by atoms with Gasteiger partial charge in [0.2, 0.25) is 10.0 Å². The number of hydrogen-bond acceptors (Lipinski definition) is 6. The third-order valence-electron chi connectivity index (χ3n) is 3.52. The summed E-state index contributed by atoms with van der Waals surface area (Å²) < 4.78 is 31.9. The van der Waals surface area contributed by atoms with Gasteiger partial charge in [-0.2, -0.15) is 0 Å². The minimum atomic E-state index is -3.76. The number of halogens is 1. The number of carbonyl (C=O) groups is 1. The first-order valence-electron chi connectivity index (χ1n) is 6.24. The molecule has 120 valence electrons. The zero-order valence-electron chi connectivity index (χ0n) is 11.8. The molecule has 2 rings (SSSR count). The highest BCUT2D eigenvalue weighted by molar-refractivity contribution is 7.89. The fourth-order valence-corrected chi connectivity index (χ4v) is 4.96. The van der Waals surface area contributed by atoms with Gasteiger partial charge < -0.3 is 10.5 Å². The van der Waals surface area contributed by atoms with Gasteiger partial charge in [-0.25, -0.2) is 17.9 Å². The molecule has 3 N–H and O–H groups in total. The molecule has 0 saturated heterocycles. The SMILES string of the molecule is COC(=O)c1scc(C)c1S(=O)(=O)NCC1(N)CCC1.Cl. The standard InChI is InChI=1S/C12H18N2O4S2.ClH/c1-8-6-19-9(11(15)18-2)10(8)20(16,17)14-7-12(13)4-3-5-12;/h6,14H,3-5,7,13H2,1-2H3;1H. The highest BCUT2D eigenvalue weighted by Crippen LogP contribution is 2.30. The molecule has 0 unspecified atom stereocenters. The van der Waals surface area contributed by atoms with Crippen LogP contribution in [-0.4, -0.2) is 33.6 Å². The Hall–Kier alpha value is -0.670. The van der Waals surface area contributed by atoms with Crippen molar-refractivity contribution >= 4 is 39.7 Å². The lowest BCUT2D eigenvalue weighted by molar-refractivity contribution is 0.0602. The molecule has 1 aromatic heterocycles. The highest BCUT2D eigenvalue weighted by Gasteiger charge is 2.35. The lowest BCUT2D eigenvalue weighted by Gasteiger charge is -2.38. The molecular formula is C12H19ClN2O4S2. The van der Waals surface area contributed by atoms with Crippen molar-refractivity contribution in [1.29, 1.82) is 0 Å². The summed E-state index contributed by atoms with van der Waals surface area (Å²) in [5.74, 6) is -0.644. The lowest BCUT2D eigenvalue weighted by atomic mass is 9.78. The summed E-state index contributed by atoms with van der Waals surface area (Å²) in [6.45, 7) is 1.84. The van der Waals surface area contributed by atoms with Gasteiger partial charge in [0.25, 0.3) is 0 Å². The lowest BCUT2D eigenvalue weighted by Crippen LogP contribution is -2.54. The Morgan fingerprint density at radius 2 is 2.14 bits per heavy atom. The predicted octanol–water partition coefficient (Wildman–Crippen LogP) is 1.42. The molecule has 0 aromatic carbocycles. The van der Waals surface area contributed by atoms with Gasteiger partial charge in [-0.1, -0.05) is 0 Å². The van der Waals surface area contributed by atoms with Crippen LogP contribution in [0.4, 0.5) is 0 Å². The number of hydrogen-bond donors (Lipinski definition) is 2. The highest BCUT2D eigenvalue weighted by atomic mass is 35.5. The van der Waals surface area contributed by atoms with Gasteiger partial charge in [-0.05, 0) is 37.1 Å². The normalized spacial score (nSPS) is 16.7. The Morgan fingerprint density at radius 1 is 1.52 bits per heavy atom. The van der Waals surface area contributed by atoms with Crippen LogP contribution in [0.15, 0.2) is 10.3 Å². The Morgan fingerprint density at radius 3 is 2.62 bits per heavy atom. The first kappa shape index (κ1) is 18.4. The van der Waals surface area contributed by atoms with Gasteiger partial charge in [0, 0.05) is 12.1 Å². The van der Waals surface area contributed by atoms with E-state index in [1.807, 2.05) is 0 Å². The number of nitrogens with two attached hydrogens (primary N) is 1. The summed E-state index contributed by atoms with van der Waals surface area (Å²) in [6, 6.07) is 0. The topological polar surface area (TPSA) is 98.5 Å². The van der Waals surface area contributed by atoms with E-state index in [1.54, 1.807) is 12.3 Å². The second-order valence-electron chi connectivity index (χ2n) is 5.11. The van der Waals surface area contributed by atoms with Gasteiger partial charge in [0.1, 0.15) is 9.77 Å². The zero-order valence-corrected chi connectivity index (χ0v) is 14.3. The molecule has 1 aliphatic rings. The second kappa shape index (κ2) is 6.62. The van der Waals surface area contributed by atoms with Crippen molar-refractivity contribution in [3.63, 3.8) is 0 Å². The molecule has 21 heavy (non-hydrogen) atoms. The maximum Gasteiger partial charge on any atom is 0.349 e. The number of aryl methyl sites for hydroxylation is 1. The summed E-state index contributed by atoms with van der Waals surface area (Å²) in [6.07, 6.45) is 2.63. The largest absolute Gasteiger partial charge is 0.465 e. The molecule has 0 spiro atoms. The Labute approximate surface area is 134 Å². The number of esters is 1. The van der Waals surface area contributed by atoms with E-state index < -0.39 is 21.5 Å². The van der Waals surface area contributed by atoms with Crippen molar-refractivity contribution < 1.29 is 17.9 Å². The first-order chi connectivity index (χ1) is 9.29. The number of ether oxygens (including phenoxy) is 1. The molecule has 6 nitrogen and oxygen atoms in total. The van der Waals surface area contributed by atoms with Crippen LogP contribution in [0.5, 0.6) is 0 Å². The van der Waals surface area contributed by atoms with Crippen molar-refractivity contribution in [1.82, 2.24) is 4.72 Å². The smallest absolute Gasteiger partial charge is 0.349 e. The fourth-order valence-electron chi connectivity index (χ4n) is 2.12. The minimum Gasteiger partial charge on any atom is -0.465 e. The van der Waals surface area contributed by atoms with Crippen LogP contribution in [0, 0.1) is 6.92 Å². The van der Waals surface area contributed by atoms with Gasteiger partial charge in [0.05, 0.1) is 7.11 Å². The Bertz CT molecular complexity index is 623. The summed E-state index contributed by atoms with van der Waals surface area (Å²) in [4.78, 5) is 11.7. The monoisotopic (exact) mass is 354 g/mol. The number of rotatable bonds is 5. The number of thiophene rings is 1. The summed E-state index contributed by atoms with van der Waals surface area (Å²) in [7, 11) is -2.54. The molecule has 1 heterocycles. The van der Waals surface area contributed by atoms with E-state index in [2.05, 4.69) is 9.46 Å². The maximum absolute atomic E-state index is 12.4. The van der Waals surface area contributed by atoms with Gasteiger partial charge in [-0.15, -0.1) is 23.7 Å². The molecule has 1 saturated carbocycles. The fraction of sp³-hybridized carbons (Fsp3) is 0.583. The van der Waals surface area contributed by atoms with E-state index >= 15 is 0 Å². The third-order valence-corrected chi connectivity index (χ3v) is 6.32. The van der Waals surface area contributed by atoms with Gasteiger partial charge in [0.15, 0.2) is 0 Å². The van der Waals surface area contributed by atoms with E-state index in [0.717, 1.165) is 30.6 Å². The molecule has 1 aromatic rings. The van der Waals surface area contributed by atoms with E-state index in [9.17, 15) is 13.2 Å². The van der Waals surface area contributed by atoms with Gasteiger partial charge in [-0.3, -0.25) is 0 Å². The first-order valence-corrected chi connectivity index (χ1v) is 8.60. The molecule has 9 heteroatoms. The van der Waals surface area contributed by atoms with Crippen LogP contribution in [0.25, 0.3) is 0 Å². The number of carbonyl (C=O) groups excluding carboxylic acids is 1. The van der Waals surface area contributed by atoms with E-state index in [4.69, 9.17) is 5.73 Å². The van der Waals surface area contributed by atoms with Crippen molar-refractivity contribution in [2.24, 2.45) is 5.73 Å². The summed E-state index contributed by atoms with van der Waals surface area (Å²) in [5, 5.41) is 1.63. The van der Waals surface area contributed by atoms with Crippen molar-refractivity contribution in [2.45, 2.75) is 36.6 Å². The van der Waals surface area contributed by atoms with Crippen LogP contribution in [0.1, 0.15) is 34.5 Å². The van der Waals surface area contributed by atoms with Crippen LogP contribution < -0.4 is 10.5 Å². The molecule has 1 aliphatic carbocycles. The molecular weight excluding hydrogens is 336 g/mol. The van der Waals surface area contributed by atoms with E-state index in [-0.39, 0.29) is 28.7 Å². The molecule has 0 bridgehead atoms. The third kappa shape index (κ3) is 3.75. The molecule has 0 aliphatic heterocycles. The predicted molar refractivity (Wildman–Crippen MR) is 83.6 cm³/mol. The quantitative estimate of drug-likeness (QED) is 0.779. The van der Waals surface area contributed by atoms with Crippen LogP contribution >= 0.6 is 23.7 Å². The van der Waals surface area contributed by atoms with Crippen LogP contribution in [-0.2, 0) is 14.8 Å². The van der Waals surface area contributed by atoms with E-state index in [0.29, 0.717) is 5.56 Å². The second-order valence-corrected chi connectivity index (χ2v) is 7.69. The molecule has 0 amide bonds. The summed E-state index contributed by atoms with van der Waals surface area (Å²) >= 11 is 1.06. The number of methoxy groups -OCH3 is 1. The van der Waals surface area contributed by atoms with Crippen molar-refractivity contribution in [3.05, 3.63) is 15.8 Å². The number of nitrogens with one attached hydrogen (secondary N) is 1. The Balaban J connectivity index is 0.00000220.